The lowest BCUT2D eigenvalue weighted by Crippen LogP contribution is -2.22. The molecule has 25 heavy (non-hydrogen) atoms. The lowest BCUT2D eigenvalue weighted by molar-refractivity contribution is 0.312. The van der Waals surface area contributed by atoms with Crippen molar-refractivity contribution in [3.63, 3.8) is 0 Å². The van der Waals surface area contributed by atoms with E-state index in [1.807, 2.05) is 13.0 Å². The standard InChI is InChI=1S/C21H27FN2O/c1-8-17(13-24-16(5)21(6,7)22)12-23-15(4)19-9-18(14(2)3)10-20(25)11-19/h8-11,13,23,25H,1-2,4,12H2,3,5-7H3/b17-13+,24-16?. The van der Waals surface area contributed by atoms with Crippen LogP contribution in [0.5, 0.6) is 5.75 Å². The molecule has 1 aromatic carbocycles. The second-order valence-corrected chi connectivity index (χ2v) is 6.48. The minimum absolute atomic E-state index is 0.156. The zero-order chi connectivity index (χ0) is 19.2. The summed E-state index contributed by atoms with van der Waals surface area (Å²) in [7, 11) is 0. The molecule has 0 aliphatic carbocycles. The van der Waals surface area contributed by atoms with Crippen molar-refractivity contribution in [2.75, 3.05) is 6.54 Å². The average Bonchev–Trinajstić information content (AvgIpc) is 2.52. The Hall–Kier alpha value is -2.62. The summed E-state index contributed by atoms with van der Waals surface area (Å²) >= 11 is 0. The van der Waals surface area contributed by atoms with Gasteiger partial charge in [-0.3, -0.25) is 4.99 Å². The van der Waals surface area contributed by atoms with E-state index in [0.29, 0.717) is 18.0 Å². The maximum atomic E-state index is 13.8. The Bertz CT molecular complexity index is 737. The molecule has 0 saturated carbocycles. The van der Waals surface area contributed by atoms with Crippen molar-refractivity contribution >= 4 is 17.0 Å². The van der Waals surface area contributed by atoms with Gasteiger partial charge in [-0.2, -0.15) is 0 Å². The van der Waals surface area contributed by atoms with Crippen LogP contribution < -0.4 is 5.32 Å². The van der Waals surface area contributed by atoms with Gasteiger partial charge in [0.05, 0.1) is 5.71 Å². The number of aliphatic imine (C=N–C) groups is 1. The maximum Gasteiger partial charge on any atom is 0.143 e. The van der Waals surface area contributed by atoms with Gasteiger partial charge < -0.3 is 10.4 Å². The van der Waals surface area contributed by atoms with E-state index in [0.717, 1.165) is 22.3 Å². The zero-order valence-corrected chi connectivity index (χ0v) is 15.5. The first-order valence-corrected chi connectivity index (χ1v) is 8.03. The number of benzene rings is 1. The molecule has 0 spiro atoms. The van der Waals surface area contributed by atoms with Crippen LogP contribution in [0.3, 0.4) is 0 Å². The smallest absolute Gasteiger partial charge is 0.143 e. The van der Waals surface area contributed by atoms with E-state index < -0.39 is 5.67 Å². The van der Waals surface area contributed by atoms with E-state index in [4.69, 9.17) is 0 Å². The first kappa shape index (κ1) is 20.4. The molecule has 0 heterocycles. The number of nitrogens with one attached hydrogen (secondary N) is 1. The molecule has 0 radical (unpaired) electrons. The molecule has 0 bridgehead atoms. The minimum Gasteiger partial charge on any atom is -0.508 e. The summed E-state index contributed by atoms with van der Waals surface area (Å²) in [5, 5.41) is 13.0. The molecule has 0 saturated heterocycles. The Kier molecular flexibility index (Phi) is 6.92. The first-order valence-electron chi connectivity index (χ1n) is 8.03. The Morgan fingerprint density at radius 1 is 1.24 bits per heavy atom. The van der Waals surface area contributed by atoms with Crippen molar-refractivity contribution in [3.8, 4) is 5.75 Å². The molecule has 0 atom stereocenters. The van der Waals surface area contributed by atoms with E-state index in [2.05, 4.69) is 30.0 Å². The van der Waals surface area contributed by atoms with E-state index in [-0.39, 0.29) is 5.75 Å². The van der Waals surface area contributed by atoms with E-state index >= 15 is 0 Å². The molecule has 1 rings (SSSR count). The molecule has 1 aromatic rings. The monoisotopic (exact) mass is 342 g/mol. The Morgan fingerprint density at radius 3 is 2.36 bits per heavy atom. The Morgan fingerprint density at radius 2 is 1.84 bits per heavy atom. The summed E-state index contributed by atoms with van der Waals surface area (Å²) in [5.41, 5.74) is 2.86. The molecular formula is C21H27FN2O. The number of nitrogens with zero attached hydrogens (tertiary/aromatic N) is 1. The molecule has 0 aliphatic heterocycles. The van der Waals surface area contributed by atoms with Crippen LogP contribution in [0.4, 0.5) is 4.39 Å². The predicted octanol–water partition coefficient (Wildman–Crippen LogP) is 5.26. The van der Waals surface area contributed by atoms with Crippen LogP contribution in [0.15, 0.2) is 60.8 Å². The fourth-order valence-electron chi connectivity index (χ4n) is 1.85. The molecule has 0 aliphatic rings. The number of aromatic hydroxyl groups is 1. The van der Waals surface area contributed by atoms with E-state index in [9.17, 15) is 9.50 Å². The number of phenolic OH excluding ortho intramolecular Hbond substituents is 1. The molecule has 0 fully saturated rings. The lowest BCUT2D eigenvalue weighted by Gasteiger charge is -2.14. The topological polar surface area (TPSA) is 44.6 Å². The summed E-state index contributed by atoms with van der Waals surface area (Å²) < 4.78 is 13.8. The molecule has 4 heteroatoms. The number of allylic oxidation sites excluding steroid dienone is 1. The fourth-order valence-corrected chi connectivity index (χ4v) is 1.85. The third-order valence-electron chi connectivity index (χ3n) is 3.81. The lowest BCUT2D eigenvalue weighted by atomic mass is 10.0. The summed E-state index contributed by atoms with van der Waals surface area (Å²) in [5.74, 6) is 0.156. The van der Waals surface area contributed by atoms with Gasteiger partial charge in [0, 0.05) is 24.0 Å². The van der Waals surface area contributed by atoms with Crippen molar-refractivity contribution < 1.29 is 9.50 Å². The van der Waals surface area contributed by atoms with Crippen molar-refractivity contribution in [2.24, 2.45) is 4.99 Å². The largest absolute Gasteiger partial charge is 0.508 e. The Labute approximate surface area is 150 Å². The molecule has 0 aromatic heterocycles. The average molecular weight is 342 g/mol. The van der Waals surface area contributed by atoms with Crippen LogP contribution in [-0.2, 0) is 0 Å². The first-order chi connectivity index (χ1) is 11.5. The summed E-state index contributed by atoms with van der Waals surface area (Å²) in [4.78, 5) is 4.16. The van der Waals surface area contributed by atoms with Crippen molar-refractivity contribution in [3.05, 3.63) is 66.9 Å². The third kappa shape index (κ3) is 6.42. The molecule has 0 unspecified atom stereocenters. The molecule has 2 N–H and O–H groups in total. The highest BCUT2D eigenvalue weighted by Gasteiger charge is 2.18. The number of halogens is 1. The molecule has 0 amide bonds. The highest BCUT2D eigenvalue weighted by molar-refractivity contribution is 5.90. The maximum absolute atomic E-state index is 13.8. The van der Waals surface area contributed by atoms with Gasteiger partial charge in [0.25, 0.3) is 0 Å². The summed E-state index contributed by atoms with van der Waals surface area (Å²) in [6.07, 6.45) is 3.25. The molecule has 3 nitrogen and oxygen atoms in total. The Balaban J connectivity index is 2.87. The van der Waals surface area contributed by atoms with Crippen LogP contribution in [0.1, 0.15) is 38.8 Å². The normalized spacial score (nSPS) is 12.7. The highest BCUT2D eigenvalue weighted by atomic mass is 19.1. The van der Waals surface area contributed by atoms with Gasteiger partial charge in [-0.15, -0.1) is 0 Å². The van der Waals surface area contributed by atoms with Gasteiger partial charge >= 0.3 is 0 Å². The van der Waals surface area contributed by atoms with Crippen molar-refractivity contribution in [1.29, 1.82) is 0 Å². The van der Waals surface area contributed by atoms with Crippen LogP contribution in [0, 0.1) is 0 Å². The SMILES string of the molecule is C=C/C(=C\N=C(C)C(C)(C)F)CNC(=C)c1cc(O)cc(C(=C)C)c1. The number of rotatable bonds is 8. The molecule has 134 valence electrons. The van der Waals surface area contributed by atoms with Gasteiger partial charge in [-0.1, -0.05) is 31.4 Å². The van der Waals surface area contributed by atoms with Gasteiger partial charge in [0.1, 0.15) is 11.4 Å². The third-order valence-corrected chi connectivity index (χ3v) is 3.81. The summed E-state index contributed by atoms with van der Waals surface area (Å²) in [6, 6.07) is 5.19. The van der Waals surface area contributed by atoms with E-state index in [1.165, 1.54) is 13.8 Å². The van der Waals surface area contributed by atoms with Crippen LogP contribution in [0.25, 0.3) is 11.3 Å². The number of hydrogen-bond donors (Lipinski definition) is 2. The quantitative estimate of drug-likeness (QED) is 0.500. The van der Waals surface area contributed by atoms with Gasteiger partial charge in [-0.25, -0.2) is 4.39 Å². The van der Waals surface area contributed by atoms with Crippen LogP contribution in [0.2, 0.25) is 0 Å². The fraction of sp³-hybridized carbons (Fsp3) is 0.286. The van der Waals surface area contributed by atoms with E-state index in [1.54, 1.807) is 31.3 Å². The van der Waals surface area contributed by atoms with Crippen molar-refractivity contribution in [2.45, 2.75) is 33.4 Å². The minimum atomic E-state index is -1.46. The van der Waals surface area contributed by atoms with Gasteiger partial charge in [0.2, 0.25) is 0 Å². The van der Waals surface area contributed by atoms with Gasteiger partial charge in [0.15, 0.2) is 0 Å². The number of phenols is 1. The number of alkyl halides is 1. The highest BCUT2D eigenvalue weighted by Crippen LogP contribution is 2.24. The van der Waals surface area contributed by atoms with Crippen molar-refractivity contribution in [1.82, 2.24) is 5.32 Å². The number of hydrogen-bond acceptors (Lipinski definition) is 3. The molecular weight excluding hydrogens is 315 g/mol. The second kappa shape index (κ2) is 8.47. The van der Waals surface area contributed by atoms with Gasteiger partial charge in [-0.05, 0) is 57.0 Å². The van der Waals surface area contributed by atoms with Crippen LogP contribution in [-0.4, -0.2) is 23.0 Å². The second-order valence-electron chi connectivity index (χ2n) is 6.48. The summed E-state index contributed by atoms with van der Waals surface area (Å²) in [6.45, 7) is 18.5. The van der Waals surface area contributed by atoms with Crippen LogP contribution >= 0.6 is 0 Å². The predicted molar refractivity (Wildman–Crippen MR) is 106 cm³/mol. The zero-order valence-electron chi connectivity index (χ0n) is 15.5.